The second-order valence-corrected chi connectivity index (χ2v) is 19.8. The van der Waals surface area contributed by atoms with Crippen LogP contribution in [0.1, 0.15) is 119 Å². The SMILES string of the molecule is CCCC12O[C@H]3C[C@H]4C5CC[C@H]6C[C@H](OS(=O)(=O)O)[C@@H](OS(=O)(=O)O)C[C@]6(C)C5CC[C@]4(C)[C@H]3[C@@](C)(O1)[C@@H](CC1(C(C)C)CC1C)O2. The molecule has 2 N–H and O–H groups in total. The first kappa shape index (κ1) is 35.0. The molecule has 7 rings (SSSR count). The molecule has 15 atom stereocenters. The molecule has 2 heterocycles. The van der Waals surface area contributed by atoms with Gasteiger partial charge in [-0.3, -0.25) is 9.11 Å². The summed E-state index contributed by atoms with van der Waals surface area (Å²) >= 11 is 0. The molecule has 0 radical (unpaired) electrons. The van der Waals surface area contributed by atoms with Crippen molar-refractivity contribution in [2.75, 3.05) is 0 Å². The zero-order valence-electron chi connectivity index (χ0n) is 29.0. The lowest BCUT2D eigenvalue weighted by Crippen LogP contribution is -2.61. The molecule has 47 heavy (non-hydrogen) atoms. The van der Waals surface area contributed by atoms with Crippen molar-refractivity contribution in [3.8, 4) is 0 Å². The summed E-state index contributed by atoms with van der Waals surface area (Å²) in [6.07, 6.45) is 6.38. The lowest BCUT2D eigenvalue weighted by molar-refractivity contribution is -0.403. The van der Waals surface area contributed by atoms with Gasteiger partial charge in [0.05, 0.1) is 12.2 Å². The molecule has 270 valence electrons. The Balaban J connectivity index is 1.19. The maximum atomic E-state index is 11.9. The highest BCUT2D eigenvalue weighted by molar-refractivity contribution is 7.81. The minimum absolute atomic E-state index is 0.0192. The van der Waals surface area contributed by atoms with Gasteiger partial charge < -0.3 is 14.2 Å². The molecule has 0 spiro atoms. The summed E-state index contributed by atoms with van der Waals surface area (Å²) in [6, 6.07) is 0. The van der Waals surface area contributed by atoms with Gasteiger partial charge in [-0.1, -0.05) is 41.5 Å². The van der Waals surface area contributed by atoms with Crippen LogP contribution in [0.4, 0.5) is 0 Å². The van der Waals surface area contributed by atoms with Gasteiger partial charge in [0.15, 0.2) is 0 Å². The molecule has 2 bridgehead atoms. The average molecular weight is 705 g/mol. The van der Waals surface area contributed by atoms with E-state index in [9.17, 15) is 25.9 Å². The van der Waals surface area contributed by atoms with Crippen molar-refractivity contribution in [2.45, 2.75) is 155 Å². The van der Waals surface area contributed by atoms with Gasteiger partial charge in [-0.2, -0.15) is 16.8 Å². The Kier molecular flexibility index (Phi) is 8.25. The Morgan fingerprint density at radius 1 is 0.872 bits per heavy atom. The van der Waals surface area contributed by atoms with E-state index in [1.165, 1.54) is 6.42 Å². The Morgan fingerprint density at radius 2 is 1.53 bits per heavy atom. The molecule has 7 fully saturated rings. The monoisotopic (exact) mass is 704 g/mol. The summed E-state index contributed by atoms with van der Waals surface area (Å²) in [7, 11) is -9.75. The second kappa shape index (κ2) is 11.1. The molecule has 5 unspecified atom stereocenters. The zero-order valence-corrected chi connectivity index (χ0v) is 30.6. The second-order valence-electron chi connectivity index (χ2n) is 17.7. The zero-order chi connectivity index (χ0) is 34.2. The quantitative estimate of drug-likeness (QED) is 0.258. The van der Waals surface area contributed by atoms with E-state index >= 15 is 0 Å². The molecule has 5 aliphatic carbocycles. The van der Waals surface area contributed by atoms with Crippen LogP contribution < -0.4 is 0 Å². The third-order valence-corrected chi connectivity index (χ3v) is 16.2. The van der Waals surface area contributed by atoms with Crippen molar-refractivity contribution >= 4 is 20.8 Å². The highest BCUT2D eigenvalue weighted by Crippen LogP contribution is 2.73. The van der Waals surface area contributed by atoms with Gasteiger partial charge in [-0.15, -0.1) is 0 Å². The van der Waals surface area contributed by atoms with E-state index in [2.05, 4.69) is 48.5 Å². The van der Waals surface area contributed by atoms with Crippen LogP contribution in [0.3, 0.4) is 0 Å². The van der Waals surface area contributed by atoms with E-state index in [4.69, 9.17) is 22.6 Å². The first-order valence-corrected chi connectivity index (χ1v) is 20.8. The first-order valence-electron chi connectivity index (χ1n) is 18.1. The largest absolute Gasteiger partial charge is 0.397 e. The van der Waals surface area contributed by atoms with Gasteiger partial charge in [0, 0.05) is 12.3 Å². The fourth-order valence-corrected chi connectivity index (χ4v) is 14.1. The van der Waals surface area contributed by atoms with Crippen molar-refractivity contribution in [1.82, 2.24) is 0 Å². The number of rotatable bonds is 9. The summed E-state index contributed by atoms with van der Waals surface area (Å²) in [5.41, 5.74) is -0.615. The minimum Gasteiger partial charge on any atom is -0.324 e. The third kappa shape index (κ3) is 5.50. The van der Waals surface area contributed by atoms with E-state index in [0.717, 1.165) is 44.9 Å². The van der Waals surface area contributed by atoms with Crippen molar-refractivity contribution in [3.05, 3.63) is 0 Å². The van der Waals surface area contributed by atoms with Gasteiger partial charge in [0.25, 0.3) is 5.97 Å². The lowest BCUT2D eigenvalue weighted by atomic mass is 9.44. The van der Waals surface area contributed by atoms with E-state index in [1.54, 1.807) is 0 Å². The molecule has 0 aromatic heterocycles. The predicted molar refractivity (Wildman–Crippen MR) is 171 cm³/mol. The Morgan fingerprint density at radius 3 is 2.13 bits per heavy atom. The molecule has 0 aromatic rings. The normalized spacial score (nSPS) is 53.7. The number of hydrogen-bond acceptors (Lipinski definition) is 9. The van der Waals surface area contributed by atoms with Crippen LogP contribution in [0, 0.1) is 57.7 Å². The van der Waals surface area contributed by atoms with E-state index < -0.39 is 44.6 Å². The molecular weight excluding hydrogens is 648 g/mol. The summed E-state index contributed by atoms with van der Waals surface area (Å²) in [5, 5.41) is 0. The number of ether oxygens (including phenoxy) is 3. The van der Waals surface area contributed by atoms with E-state index in [-0.39, 0.29) is 59.0 Å². The molecule has 2 aliphatic heterocycles. The molecular formula is C34H56O11S2. The summed E-state index contributed by atoms with van der Waals surface area (Å²) in [6.45, 7) is 16.1. The van der Waals surface area contributed by atoms with Crippen molar-refractivity contribution < 1.29 is 48.5 Å². The molecule has 5 saturated carbocycles. The average Bonchev–Trinajstić information content (AvgIpc) is 3.39. The molecule has 0 aromatic carbocycles. The Labute approximate surface area is 281 Å². The van der Waals surface area contributed by atoms with Crippen LogP contribution in [-0.2, 0) is 43.4 Å². The van der Waals surface area contributed by atoms with Crippen LogP contribution in [0.5, 0.6) is 0 Å². The smallest absolute Gasteiger partial charge is 0.324 e. The molecule has 7 aliphatic rings. The molecule has 13 heteroatoms. The summed E-state index contributed by atoms with van der Waals surface area (Å²) in [5.74, 6) is 1.44. The van der Waals surface area contributed by atoms with Crippen molar-refractivity contribution in [2.24, 2.45) is 57.7 Å². The summed E-state index contributed by atoms with van der Waals surface area (Å²) < 4.78 is 97.2. The number of hydrogen-bond donors (Lipinski definition) is 2. The first-order chi connectivity index (χ1) is 21.7. The summed E-state index contributed by atoms with van der Waals surface area (Å²) in [4.78, 5) is 0. The van der Waals surface area contributed by atoms with Crippen LogP contribution in [0.25, 0.3) is 0 Å². The van der Waals surface area contributed by atoms with Crippen molar-refractivity contribution in [3.63, 3.8) is 0 Å². The number of fused-ring (bicyclic) bond motifs is 10. The van der Waals surface area contributed by atoms with Crippen molar-refractivity contribution in [1.29, 1.82) is 0 Å². The Bertz CT molecular complexity index is 1470. The van der Waals surface area contributed by atoms with E-state index in [0.29, 0.717) is 30.1 Å². The van der Waals surface area contributed by atoms with Gasteiger partial charge >= 0.3 is 20.8 Å². The van der Waals surface area contributed by atoms with Gasteiger partial charge in [0.2, 0.25) is 0 Å². The van der Waals surface area contributed by atoms with Gasteiger partial charge in [-0.05, 0) is 123 Å². The van der Waals surface area contributed by atoms with Gasteiger partial charge in [-0.25, -0.2) is 8.37 Å². The van der Waals surface area contributed by atoms with E-state index in [1.807, 2.05) is 0 Å². The highest BCUT2D eigenvalue weighted by Gasteiger charge is 2.75. The molecule has 11 nitrogen and oxygen atoms in total. The van der Waals surface area contributed by atoms with Crippen LogP contribution in [0.2, 0.25) is 0 Å². The minimum atomic E-state index is -4.89. The molecule has 0 amide bonds. The predicted octanol–water partition coefficient (Wildman–Crippen LogP) is 6.34. The fraction of sp³-hybridized carbons (Fsp3) is 1.00. The Hall–Kier alpha value is -0.380. The van der Waals surface area contributed by atoms with Crippen LogP contribution in [-0.4, -0.2) is 61.9 Å². The third-order valence-electron chi connectivity index (χ3n) is 15.2. The topological polar surface area (TPSA) is 155 Å². The van der Waals surface area contributed by atoms with Crippen LogP contribution in [0.15, 0.2) is 0 Å². The standard InChI is InChI=1S/C34H56O11S2/c1-8-12-34-41-26-15-24-22-10-9-21-14-25(43-46(35,36)37)27(44-47(38,39)40)17-31(21,6)23(22)11-13-30(24,5)29(26)32(7,45-34)28(42-34)18-33(19(2)3)16-20(33)4/h19-29H,8-18H2,1-7H3,(H,35,36,37)(H,38,39,40)/t20?,21-,22?,23?,24-,25-,26-,27-,28+,29-,30-,31-,32-,33?,34?/m0/s1. The molecule has 2 saturated heterocycles. The maximum absolute atomic E-state index is 11.9. The fourth-order valence-electron chi connectivity index (χ4n) is 13.1. The van der Waals surface area contributed by atoms with Crippen LogP contribution >= 0.6 is 0 Å². The maximum Gasteiger partial charge on any atom is 0.397 e. The highest BCUT2D eigenvalue weighted by atomic mass is 32.3. The van der Waals surface area contributed by atoms with Gasteiger partial charge in [0.1, 0.15) is 17.8 Å². The lowest BCUT2D eigenvalue weighted by Gasteiger charge is -2.62.